The van der Waals surface area contributed by atoms with Gasteiger partial charge in [-0.15, -0.1) is 0 Å². The van der Waals surface area contributed by atoms with Gasteiger partial charge < -0.3 is 16.5 Å². The quantitative estimate of drug-likeness (QED) is 0.318. The van der Waals surface area contributed by atoms with Gasteiger partial charge in [0.2, 0.25) is 0 Å². The summed E-state index contributed by atoms with van der Waals surface area (Å²) in [5.41, 5.74) is 9.92. The second-order valence-corrected chi connectivity index (χ2v) is 0.814. The Morgan fingerprint density at radius 1 is 1.60 bits per heavy atom. The molecule has 0 aliphatic carbocycles. The van der Waals surface area contributed by atoms with Crippen LogP contribution in [0.1, 0.15) is 0 Å². The van der Waals surface area contributed by atoms with Gasteiger partial charge in [-0.05, 0) is 7.05 Å². The van der Waals surface area contributed by atoms with Crippen LogP contribution in [-0.4, -0.2) is 14.2 Å². The highest BCUT2D eigenvalue weighted by Crippen LogP contribution is 1.27. The summed E-state index contributed by atoms with van der Waals surface area (Å²) < 4.78 is 0. The van der Waals surface area contributed by atoms with Crippen molar-refractivity contribution < 1.29 is 0 Å². The van der Waals surface area contributed by atoms with Crippen LogP contribution in [-0.2, 0) is 0 Å². The Kier molecular flexibility index (Phi) is 2.17. The van der Waals surface area contributed by atoms with Gasteiger partial charge in [-0.2, -0.15) is 0 Å². The van der Waals surface area contributed by atoms with Gasteiger partial charge in [0.1, 0.15) is 0 Å². The minimum atomic E-state index is -0.366. The first-order chi connectivity index (χ1) is 2.27. The first-order valence-corrected chi connectivity index (χ1v) is 1.46. The molecule has 0 aromatic rings. The van der Waals surface area contributed by atoms with Crippen molar-refractivity contribution in [1.29, 1.82) is 0 Å². The summed E-state index contributed by atoms with van der Waals surface area (Å²) in [6.45, 7) is 0. The molecule has 0 unspecified atom stereocenters. The molecule has 5 N–H and O–H groups in total. The van der Waals surface area contributed by atoms with E-state index in [0.29, 0.717) is 0 Å². The standard InChI is InChI=1S/CH8BN3/c1-5-2(3)4/h5H,3-4H2,1H3. The van der Waals surface area contributed by atoms with Gasteiger partial charge in [0.05, 0.1) is 0 Å². The second-order valence-electron chi connectivity index (χ2n) is 0.814. The predicted octanol–water partition coefficient (Wildman–Crippen LogP) is -1.89. The molecule has 0 fully saturated rings. The van der Waals surface area contributed by atoms with E-state index < -0.39 is 0 Å². The molecule has 30 valence electrons. The molecule has 0 amide bonds. The van der Waals surface area contributed by atoms with E-state index in [1.807, 2.05) is 0 Å². The molecular formula is CH8BN3. The molecule has 0 saturated heterocycles. The Morgan fingerprint density at radius 3 is 1.80 bits per heavy atom. The molecule has 0 aromatic carbocycles. The van der Waals surface area contributed by atoms with Gasteiger partial charge in [-0.1, -0.05) is 0 Å². The molecule has 0 atom stereocenters. The van der Waals surface area contributed by atoms with Crippen LogP contribution in [0.4, 0.5) is 0 Å². The average Bonchev–Trinajstić information content (AvgIpc) is 1.38. The molecule has 5 heavy (non-hydrogen) atoms. The summed E-state index contributed by atoms with van der Waals surface area (Å²) in [7, 11) is 1.33. The lowest BCUT2D eigenvalue weighted by Crippen LogP contribution is -2.49. The minimum absolute atomic E-state index is 0.366. The Labute approximate surface area is 31.9 Å². The van der Waals surface area contributed by atoms with Crippen molar-refractivity contribution in [3.63, 3.8) is 0 Å². The van der Waals surface area contributed by atoms with Crippen molar-refractivity contribution >= 4 is 7.12 Å². The van der Waals surface area contributed by atoms with Gasteiger partial charge in [-0.3, -0.25) is 0 Å². The van der Waals surface area contributed by atoms with Crippen molar-refractivity contribution in [2.24, 2.45) is 11.3 Å². The zero-order valence-corrected chi connectivity index (χ0v) is 3.23. The van der Waals surface area contributed by atoms with E-state index in [9.17, 15) is 0 Å². The van der Waals surface area contributed by atoms with Gasteiger partial charge in [0.25, 0.3) is 0 Å². The molecule has 0 aliphatic heterocycles. The van der Waals surface area contributed by atoms with Crippen LogP contribution < -0.4 is 16.5 Å². The smallest absolute Gasteiger partial charge is 0.342 e. The molecular weight excluding hydrogens is 64.8 g/mol. The molecule has 3 nitrogen and oxygen atoms in total. The lowest BCUT2D eigenvalue weighted by Gasteiger charge is -1.89. The Bertz CT molecular complexity index is 20.9. The third-order valence-corrected chi connectivity index (χ3v) is 0.333. The van der Waals surface area contributed by atoms with Gasteiger partial charge in [0.15, 0.2) is 0 Å². The van der Waals surface area contributed by atoms with Gasteiger partial charge in [-0.25, -0.2) is 0 Å². The van der Waals surface area contributed by atoms with Crippen molar-refractivity contribution in [1.82, 2.24) is 5.23 Å². The van der Waals surface area contributed by atoms with Crippen LogP contribution in [0.2, 0.25) is 0 Å². The van der Waals surface area contributed by atoms with Crippen molar-refractivity contribution in [2.75, 3.05) is 7.05 Å². The molecule has 0 rings (SSSR count). The van der Waals surface area contributed by atoms with E-state index in [4.69, 9.17) is 11.3 Å². The molecule has 0 radical (unpaired) electrons. The minimum Gasteiger partial charge on any atom is -0.342 e. The van der Waals surface area contributed by atoms with Crippen molar-refractivity contribution in [3.8, 4) is 0 Å². The fourth-order valence-electron chi connectivity index (χ4n) is 0. The Balaban J connectivity index is 2.54. The molecule has 0 spiro atoms. The summed E-state index contributed by atoms with van der Waals surface area (Å²) in [6.07, 6.45) is 0. The molecule has 0 aromatic heterocycles. The maximum atomic E-state index is 4.96. The third-order valence-electron chi connectivity index (χ3n) is 0.333. The topological polar surface area (TPSA) is 64.1 Å². The highest BCUT2D eigenvalue weighted by Gasteiger charge is 1.88. The summed E-state index contributed by atoms with van der Waals surface area (Å²) in [5.74, 6) is 0. The lowest BCUT2D eigenvalue weighted by molar-refractivity contribution is 1.18. The van der Waals surface area contributed by atoms with Crippen LogP contribution in [0.15, 0.2) is 0 Å². The zero-order valence-electron chi connectivity index (χ0n) is 3.23. The van der Waals surface area contributed by atoms with Crippen LogP contribution >= 0.6 is 0 Å². The van der Waals surface area contributed by atoms with Crippen molar-refractivity contribution in [2.45, 2.75) is 0 Å². The van der Waals surface area contributed by atoms with Crippen LogP contribution in [0.5, 0.6) is 0 Å². The largest absolute Gasteiger partial charge is 0.389 e. The normalized spacial score (nSPS) is 7.80. The number of nitrogens with one attached hydrogen (secondary N) is 1. The highest BCUT2D eigenvalue weighted by atomic mass is 14.9. The first-order valence-electron chi connectivity index (χ1n) is 1.46. The molecule has 0 bridgehead atoms. The van der Waals surface area contributed by atoms with E-state index in [1.54, 1.807) is 7.05 Å². The summed E-state index contributed by atoms with van der Waals surface area (Å²) in [5, 5.41) is 2.58. The number of hydrogen-bond acceptors (Lipinski definition) is 3. The van der Waals surface area contributed by atoms with E-state index in [2.05, 4.69) is 5.23 Å². The van der Waals surface area contributed by atoms with Crippen molar-refractivity contribution in [3.05, 3.63) is 0 Å². The fourth-order valence-corrected chi connectivity index (χ4v) is 0. The highest BCUT2D eigenvalue weighted by molar-refractivity contribution is 6.48. The molecule has 0 heterocycles. The Hall–Kier alpha value is -0.0551. The fraction of sp³-hybridized carbons (Fsp3) is 1.00. The zero-order chi connectivity index (χ0) is 4.28. The van der Waals surface area contributed by atoms with E-state index >= 15 is 0 Å². The molecule has 0 saturated carbocycles. The average molecular weight is 72.9 g/mol. The molecule has 0 aliphatic rings. The van der Waals surface area contributed by atoms with Gasteiger partial charge in [0, 0.05) is 0 Å². The van der Waals surface area contributed by atoms with E-state index in [0.717, 1.165) is 0 Å². The monoisotopic (exact) mass is 73.1 g/mol. The summed E-state index contributed by atoms with van der Waals surface area (Å²) in [4.78, 5) is 0. The number of hydrogen-bond donors (Lipinski definition) is 3. The number of rotatable bonds is 1. The van der Waals surface area contributed by atoms with Crippen LogP contribution in [0.25, 0.3) is 0 Å². The first kappa shape index (κ1) is 4.94. The Morgan fingerprint density at radius 2 is 1.80 bits per heavy atom. The molecule has 4 heteroatoms. The maximum Gasteiger partial charge on any atom is 0.389 e. The summed E-state index contributed by atoms with van der Waals surface area (Å²) in [6, 6.07) is 0. The van der Waals surface area contributed by atoms with E-state index in [-0.39, 0.29) is 7.12 Å². The van der Waals surface area contributed by atoms with Gasteiger partial charge >= 0.3 is 7.12 Å². The predicted molar refractivity (Wildman–Crippen MR) is 23.2 cm³/mol. The third kappa shape index (κ3) is 3.94. The second kappa shape index (κ2) is 2.20. The lowest BCUT2D eigenvalue weighted by atomic mass is 10.0. The van der Waals surface area contributed by atoms with E-state index in [1.165, 1.54) is 0 Å². The SMILES string of the molecule is CNB(N)N. The van der Waals surface area contributed by atoms with Crippen LogP contribution in [0.3, 0.4) is 0 Å². The maximum absolute atomic E-state index is 4.96. The summed E-state index contributed by atoms with van der Waals surface area (Å²) >= 11 is 0. The number of nitrogens with two attached hydrogens (primary N) is 2. The van der Waals surface area contributed by atoms with Crippen LogP contribution in [0, 0.1) is 0 Å².